The van der Waals surface area contributed by atoms with Gasteiger partial charge in [0.05, 0.1) is 16.3 Å². The minimum absolute atomic E-state index is 0.0347. The van der Waals surface area contributed by atoms with Crippen LogP contribution in [0.4, 0.5) is 0 Å². The number of nitrogens with zero attached hydrogens (tertiary/aromatic N) is 2. The average molecular weight is 349 g/mol. The minimum atomic E-state index is -0.261. The van der Waals surface area contributed by atoms with Crippen molar-refractivity contribution < 1.29 is 5.11 Å². The number of aryl methyl sites for hydroxylation is 2. The van der Waals surface area contributed by atoms with Crippen molar-refractivity contribution in [1.29, 1.82) is 5.26 Å². The number of aliphatic hydroxyl groups is 1. The summed E-state index contributed by atoms with van der Waals surface area (Å²) in [6, 6.07) is 15.9. The first-order valence-electron chi connectivity index (χ1n) is 8.02. The third-order valence-corrected chi connectivity index (χ3v) is 5.30. The van der Waals surface area contributed by atoms with Crippen LogP contribution >= 0.6 is 11.8 Å². The second-order valence-corrected chi connectivity index (χ2v) is 7.39. The Morgan fingerprint density at radius 3 is 2.72 bits per heavy atom. The van der Waals surface area contributed by atoms with Crippen LogP contribution in [0, 0.1) is 25.2 Å². The Bertz CT molecular complexity index is 965. The van der Waals surface area contributed by atoms with Gasteiger partial charge in [0.15, 0.2) is 5.82 Å². The van der Waals surface area contributed by atoms with Gasteiger partial charge < -0.3 is 10.1 Å². The molecule has 1 heterocycles. The Balaban J connectivity index is 1.95. The van der Waals surface area contributed by atoms with Crippen LogP contribution in [0.5, 0.6) is 0 Å². The van der Waals surface area contributed by atoms with Crippen molar-refractivity contribution in [3.8, 4) is 6.07 Å². The number of aliphatic hydroxyl groups excluding tert-OH is 1. The number of benzene rings is 2. The molecular weight excluding hydrogens is 330 g/mol. The van der Waals surface area contributed by atoms with Crippen LogP contribution in [-0.4, -0.2) is 20.3 Å². The molecule has 3 rings (SSSR count). The number of fused-ring (bicyclic) bond motifs is 1. The molecule has 3 aromatic rings. The minimum Gasteiger partial charge on any atom is -0.510 e. The fourth-order valence-corrected chi connectivity index (χ4v) is 3.70. The van der Waals surface area contributed by atoms with Crippen LogP contribution in [0.1, 0.15) is 23.9 Å². The largest absolute Gasteiger partial charge is 0.510 e. The van der Waals surface area contributed by atoms with Gasteiger partial charge >= 0.3 is 0 Å². The summed E-state index contributed by atoms with van der Waals surface area (Å²) in [4.78, 5) is 8.62. The number of hydrogen-bond donors (Lipinski definition) is 2. The van der Waals surface area contributed by atoms with E-state index in [0.29, 0.717) is 5.82 Å². The smallest absolute Gasteiger partial charge is 0.152 e. The molecule has 4 nitrogen and oxygen atoms in total. The molecule has 126 valence electrons. The van der Waals surface area contributed by atoms with Gasteiger partial charge in [-0.05, 0) is 44.5 Å². The van der Waals surface area contributed by atoms with Crippen LogP contribution in [-0.2, 0) is 0 Å². The highest BCUT2D eigenvalue weighted by Gasteiger charge is 2.19. The number of aromatic amines is 1. The van der Waals surface area contributed by atoms with E-state index < -0.39 is 0 Å². The Morgan fingerprint density at radius 1 is 1.24 bits per heavy atom. The summed E-state index contributed by atoms with van der Waals surface area (Å²) in [6.45, 7) is 5.97. The lowest BCUT2D eigenvalue weighted by Gasteiger charge is -2.14. The zero-order chi connectivity index (χ0) is 18.0. The van der Waals surface area contributed by atoms with Crippen molar-refractivity contribution in [2.45, 2.75) is 30.9 Å². The third-order valence-electron chi connectivity index (χ3n) is 4.03. The molecule has 2 N–H and O–H groups in total. The van der Waals surface area contributed by atoms with Gasteiger partial charge in [-0.25, -0.2) is 4.98 Å². The lowest BCUT2D eigenvalue weighted by atomic mass is 10.2. The van der Waals surface area contributed by atoms with Crippen molar-refractivity contribution in [2.24, 2.45) is 0 Å². The standard InChI is InChI=1S/C20H19N3OS/c1-12-8-9-13(2)18(10-12)25-14(3)19(24)15(11-21)20-22-16-6-4-5-7-17(16)23-20/h4-10,14,24H,1-3H3,(H,22,23)/b19-15-. The molecule has 0 fully saturated rings. The summed E-state index contributed by atoms with van der Waals surface area (Å²) in [5, 5.41) is 19.9. The van der Waals surface area contributed by atoms with Crippen molar-refractivity contribution in [3.63, 3.8) is 0 Å². The van der Waals surface area contributed by atoms with Gasteiger partial charge in [0.1, 0.15) is 17.4 Å². The van der Waals surface area contributed by atoms with Crippen molar-refractivity contribution in [3.05, 3.63) is 65.2 Å². The number of nitriles is 1. The highest BCUT2D eigenvalue weighted by Crippen LogP contribution is 2.32. The first kappa shape index (κ1) is 17.1. The third kappa shape index (κ3) is 3.54. The van der Waals surface area contributed by atoms with E-state index in [1.54, 1.807) is 0 Å². The molecule has 0 amide bonds. The van der Waals surface area contributed by atoms with Crippen LogP contribution < -0.4 is 0 Å². The molecule has 0 aliphatic carbocycles. The van der Waals surface area contributed by atoms with E-state index in [1.165, 1.54) is 17.3 Å². The normalized spacial score (nSPS) is 13.4. The predicted molar refractivity (Wildman–Crippen MR) is 102 cm³/mol. The summed E-state index contributed by atoms with van der Waals surface area (Å²) in [7, 11) is 0. The second-order valence-electron chi connectivity index (χ2n) is 6.00. The van der Waals surface area contributed by atoms with Gasteiger partial charge in [-0.2, -0.15) is 5.26 Å². The van der Waals surface area contributed by atoms with E-state index in [0.717, 1.165) is 21.5 Å². The highest BCUT2D eigenvalue weighted by molar-refractivity contribution is 8.00. The molecule has 0 saturated carbocycles. The Kier molecular flexibility index (Phi) is 4.82. The Hall–Kier alpha value is -2.71. The van der Waals surface area contributed by atoms with E-state index in [-0.39, 0.29) is 16.6 Å². The number of hydrogen-bond acceptors (Lipinski definition) is 4. The fourth-order valence-electron chi connectivity index (χ4n) is 2.59. The molecular formula is C20H19N3OS. The lowest BCUT2D eigenvalue weighted by Crippen LogP contribution is -2.05. The maximum Gasteiger partial charge on any atom is 0.152 e. The summed E-state index contributed by atoms with van der Waals surface area (Å²) in [5.74, 6) is 0.432. The SMILES string of the molecule is Cc1ccc(C)c(SC(C)/C(O)=C(\C#N)c2nc3ccccc3[nH]2)c1. The van der Waals surface area contributed by atoms with Crippen LogP contribution in [0.2, 0.25) is 0 Å². The van der Waals surface area contributed by atoms with E-state index >= 15 is 0 Å². The maximum absolute atomic E-state index is 10.7. The number of allylic oxidation sites excluding steroid dienone is 1. The summed E-state index contributed by atoms with van der Waals surface area (Å²) < 4.78 is 0. The van der Waals surface area contributed by atoms with Crippen molar-refractivity contribution in [1.82, 2.24) is 9.97 Å². The van der Waals surface area contributed by atoms with Gasteiger partial charge in [-0.15, -0.1) is 11.8 Å². The van der Waals surface area contributed by atoms with E-state index in [2.05, 4.69) is 34.2 Å². The maximum atomic E-state index is 10.7. The summed E-state index contributed by atoms with van der Waals surface area (Å²) in [6.07, 6.45) is 0. The lowest BCUT2D eigenvalue weighted by molar-refractivity contribution is 0.402. The molecule has 1 aromatic heterocycles. The molecule has 0 spiro atoms. The molecule has 25 heavy (non-hydrogen) atoms. The number of H-pyrrole nitrogens is 1. The molecule has 1 unspecified atom stereocenters. The zero-order valence-electron chi connectivity index (χ0n) is 14.4. The quantitative estimate of drug-likeness (QED) is 0.388. The van der Waals surface area contributed by atoms with Gasteiger partial charge in [0, 0.05) is 4.90 Å². The monoisotopic (exact) mass is 349 g/mol. The molecule has 0 saturated heterocycles. The number of rotatable bonds is 4. The molecule has 0 aliphatic rings. The predicted octanol–water partition coefficient (Wildman–Crippen LogP) is 5.15. The first-order valence-corrected chi connectivity index (χ1v) is 8.90. The number of thioether (sulfide) groups is 1. The molecule has 0 aliphatic heterocycles. The van der Waals surface area contributed by atoms with Crippen molar-refractivity contribution >= 4 is 28.4 Å². The van der Waals surface area contributed by atoms with Crippen LogP contribution in [0.25, 0.3) is 16.6 Å². The Morgan fingerprint density at radius 2 is 2.00 bits per heavy atom. The number of aromatic nitrogens is 2. The summed E-state index contributed by atoms with van der Waals surface area (Å²) in [5.41, 5.74) is 4.11. The Labute approximate surface area is 151 Å². The number of nitrogens with one attached hydrogen (secondary N) is 1. The van der Waals surface area contributed by atoms with E-state index in [4.69, 9.17) is 0 Å². The van der Waals surface area contributed by atoms with Gasteiger partial charge in [-0.1, -0.05) is 29.8 Å². The number of para-hydroxylation sites is 2. The van der Waals surface area contributed by atoms with Crippen LogP contribution in [0.15, 0.2) is 53.1 Å². The molecule has 2 aromatic carbocycles. The van der Waals surface area contributed by atoms with Crippen LogP contribution in [0.3, 0.4) is 0 Å². The number of imidazole rings is 1. The highest BCUT2D eigenvalue weighted by atomic mass is 32.2. The van der Waals surface area contributed by atoms with Gasteiger partial charge in [-0.3, -0.25) is 0 Å². The molecule has 1 atom stereocenters. The summed E-state index contributed by atoms with van der Waals surface area (Å²) >= 11 is 1.54. The van der Waals surface area contributed by atoms with E-state index in [1.807, 2.05) is 45.0 Å². The average Bonchev–Trinajstić information content (AvgIpc) is 3.02. The van der Waals surface area contributed by atoms with E-state index in [9.17, 15) is 10.4 Å². The van der Waals surface area contributed by atoms with Crippen molar-refractivity contribution in [2.75, 3.05) is 0 Å². The molecule has 0 radical (unpaired) electrons. The molecule has 0 bridgehead atoms. The first-order chi connectivity index (χ1) is 12.0. The zero-order valence-corrected chi connectivity index (χ0v) is 15.2. The topological polar surface area (TPSA) is 72.7 Å². The second kappa shape index (κ2) is 7.04. The van der Waals surface area contributed by atoms with Gasteiger partial charge in [0.2, 0.25) is 0 Å². The van der Waals surface area contributed by atoms with Gasteiger partial charge in [0.25, 0.3) is 0 Å². The molecule has 5 heteroatoms. The fraction of sp³-hybridized carbons (Fsp3) is 0.200.